The molecule has 0 radical (unpaired) electrons. The minimum atomic E-state index is 0.0983. The van der Waals surface area contributed by atoms with Crippen molar-refractivity contribution in [3.8, 4) is 0 Å². The van der Waals surface area contributed by atoms with Crippen LogP contribution >= 0.6 is 11.6 Å². The summed E-state index contributed by atoms with van der Waals surface area (Å²) in [6.45, 7) is 2.05. The standard InChI is InChI=1S/C16H15ClO/c1-12-6-8-13(9-7-12)10-11-16(18)14-4-2-3-5-15(14)17/h2-9H,10-11H2,1H3. The summed E-state index contributed by atoms with van der Waals surface area (Å²) in [7, 11) is 0. The number of Topliss-reactive ketones (excluding diaryl/α,β-unsaturated/α-hetero) is 1. The van der Waals surface area contributed by atoms with Crippen LogP contribution < -0.4 is 0 Å². The average molecular weight is 259 g/mol. The number of carbonyl (C=O) groups excluding carboxylic acids is 1. The smallest absolute Gasteiger partial charge is 0.164 e. The van der Waals surface area contributed by atoms with E-state index in [9.17, 15) is 4.79 Å². The molecule has 0 aromatic heterocycles. The molecule has 2 heteroatoms. The second kappa shape index (κ2) is 5.83. The lowest BCUT2D eigenvalue weighted by atomic mass is 10.0. The molecule has 0 aliphatic rings. The molecule has 0 heterocycles. The number of hydrogen-bond donors (Lipinski definition) is 0. The highest BCUT2D eigenvalue weighted by Gasteiger charge is 2.09. The van der Waals surface area contributed by atoms with Gasteiger partial charge in [0.05, 0.1) is 5.02 Å². The molecule has 0 fully saturated rings. The van der Waals surface area contributed by atoms with Gasteiger partial charge in [-0.1, -0.05) is 53.6 Å². The second-order valence-electron chi connectivity index (χ2n) is 4.39. The minimum Gasteiger partial charge on any atom is -0.294 e. The van der Waals surface area contributed by atoms with Crippen LogP contribution in [0.2, 0.25) is 5.02 Å². The molecule has 0 bridgehead atoms. The van der Waals surface area contributed by atoms with Crippen LogP contribution in [0.1, 0.15) is 27.9 Å². The molecule has 0 N–H and O–H groups in total. The van der Waals surface area contributed by atoms with E-state index in [4.69, 9.17) is 11.6 Å². The summed E-state index contributed by atoms with van der Waals surface area (Å²) in [5.74, 6) is 0.0983. The molecular weight excluding hydrogens is 244 g/mol. The number of hydrogen-bond acceptors (Lipinski definition) is 1. The highest BCUT2D eigenvalue weighted by atomic mass is 35.5. The minimum absolute atomic E-state index is 0.0983. The maximum absolute atomic E-state index is 12.0. The third kappa shape index (κ3) is 3.21. The van der Waals surface area contributed by atoms with Gasteiger partial charge in [-0.2, -0.15) is 0 Å². The van der Waals surface area contributed by atoms with Crippen LogP contribution in [0.3, 0.4) is 0 Å². The van der Waals surface area contributed by atoms with Gasteiger partial charge in [0.25, 0.3) is 0 Å². The first-order chi connectivity index (χ1) is 8.66. The molecule has 2 aromatic rings. The first-order valence-electron chi connectivity index (χ1n) is 6.00. The topological polar surface area (TPSA) is 17.1 Å². The summed E-state index contributed by atoms with van der Waals surface area (Å²) in [6.07, 6.45) is 1.25. The van der Waals surface area contributed by atoms with E-state index in [-0.39, 0.29) is 5.78 Å². The molecule has 2 aromatic carbocycles. The normalized spacial score (nSPS) is 10.3. The summed E-state index contributed by atoms with van der Waals surface area (Å²) >= 11 is 6.00. The van der Waals surface area contributed by atoms with Gasteiger partial charge < -0.3 is 0 Å². The van der Waals surface area contributed by atoms with Crippen molar-refractivity contribution >= 4 is 17.4 Å². The molecule has 0 saturated carbocycles. The van der Waals surface area contributed by atoms with E-state index in [0.717, 1.165) is 6.42 Å². The largest absolute Gasteiger partial charge is 0.294 e. The Kier molecular flexibility index (Phi) is 4.16. The summed E-state index contributed by atoms with van der Waals surface area (Å²) in [4.78, 5) is 12.0. The van der Waals surface area contributed by atoms with Crippen LogP contribution in [-0.4, -0.2) is 5.78 Å². The van der Waals surface area contributed by atoms with Gasteiger partial charge in [0.15, 0.2) is 5.78 Å². The maximum atomic E-state index is 12.0. The molecule has 1 nitrogen and oxygen atoms in total. The molecule has 92 valence electrons. The number of rotatable bonds is 4. The fraction of sp³-hybridized carbons (Fsp3) is 0.188. The van der Waals surface area contributed by atoms with Crippen LogP contribution in [-0.2, 0) is 6.42 Å². The first kappa shape index (κ1) is 12.8. The Morgan fingerprint density at radius 3 is 2.39 bits per heavy atom. The van der Waals surface area contributed by atoms with Crippen molar-refractivity contribution < 1.29 is 4.79 Å². The summed E-state index contributed by atoms with van der Waals surface area (Å²) < 4.78 is 0. The fourth-order valence-corrected chi connectivity index (χ4v) is 2.08. The van der Waals surface area contributed by atoms with E-state index in [1.54, 1.807) is 12.1 Å². The van der Waals surface area contributed by atoms with Gasteiger partial charge in [0, 0.05) is 12.0 Å². The summed E-state index contributed by atoms with van der Waals surface area (Å²) in [5, 5.41) is 0.534. The van der Waals surface area contributed by atoms with Crippen molar-refractivity contribution in [1.29, 1.82) is 0 Å². The third-order valence-corrected chi connectivity index (χ3v) is 3.27. The SMILES string of the molecule is Cc1ccc(CCC(=O)c2ccccc2Cl)cc1. The van der Waals surface area contributed by atoms with Crippen LogP contribution in [0.4, 0.5) is 0 Å². The monoisotopic (exact) mass is 258 g/mol. The Morgan fingerprint density at radius 2 is 1.72 bits per heavy atom. The predicted molar refractivity (Wildman–Crippen MR) is 75.3 cm³/mol. The third-order valence-electron chi connectivity index (χ3n) is 2.94. The van der Waals surface area contributed by atoms with E-state index in [2.05, 4.69) is 31.2 Å². The Balaban J connectivity index is 2.01. The lowest BCUT2D eigenvalue weighted by molar-refractivity contribution is 0.0983. The van der Waals surface area contributed by atoms with Crippen LogP contribution in [0.25, 0.3) is 0 Å². The number of ketones is 1. The van der Waals surface area contributed by atoms with Gasteiger partial charge in [-0.3, -0.25) is 4.79 Å². The molecule has 18 heavy (non-hydrogen) atoms. The second-order valence-corrected chi connectivity index (χ2v) is 4.80. The van der Waals surface area contributed by atoms with Crippen molar-refractivity contribution in [2.45, 2.75) is 19.8 Å². The molecule has 0 spiro atoms. The van der Waals surface area contributed by atoms with E-state index < -0.39 is 0 Å². The summed E-state index contributed by atoms with van der Waals surface area (Å²) in [5.41, 5.74) is 3.03. The Bertz CT molecular complexity index is 543. The molecule has 0 aliphatic carbocycles. The zero-order valence-electron chi connectivity index (χ0n) is 10.3. The van der Waals surface area contributed by atoms with Crippen molar-refractivity contribution in [3.63, 3.8) is 0 Å². The summed E-state index contributed by atoms with van der Waals surface area (Å²) in [6, 6.07) is 15.5. The molecule has 0 atom stereocenters. The molecule has 0 aliphatic heterocycles. The van der Waals surface area contributed by atoms with Gasteiger partial charge >= 0.3 is 0 Å². The quantitative estimate of drug-likeness (QED) is 0.740. The Labute approximate surface area is 112 Å². The molecule has 0 amide bonds. The van der Waals surface area contributed by atoms with Gasteiger partial charge in [-0.15, -0.1) is 0 Å². The van der Waals surface area contributed by atoms with Crippen molar-refractivity contribution in [2.24, 2.45) is 0 Å². The first-order valence-corrected chi connectivity index (χ1v) is 6.38. The average Bonchev–Trinajstić information content (AvgIpc) is 2.38. The van der Waals surface area contributed by atoms with Gasteiger partial charge in [-0.05, 0) is 31.0 Å². The highest BCUT2D eigenvalue weighted by Crippen LogP contribution is 2.17. The predicted octanol–water partition coefficient (Wildman–Crippen LogP) is 4.46. The molecule has 0 unspecified atom stereocenters. The number of benzene rings is 2. The van der Waals surface area contributed by atoms with Gasteiger partial charge in [0.2, 0.25) is 0 Å². The fourth-order valence-electron chi connectivity index (χ4n) is 1.83. The Hall–Kier alpha value is -1.60. The molecule has 2 rings (SSSR count). The van der Waals surface area contributed by atoms with Crippen LogP contribution in [0.15, 0.2) is 48.5 Å². The van der Waals surface area contributed by atoms with Crippen molar-refractivity contribution in [2.75, 3.05) is 0 Å². The zero-order chi connectivity index (χ0) is 13.0. The van der Waals surface area contributed by atoms with Crippen LogP contribution in [0, 0.1) is 6.92 Å². The number of halogens is 1. The van der Waals surface area contributed by atoms with E-state index in [1.165, 1.54) is 11.1 Å². The number of carbonyl (C=O) groups is 1. The lowest BCUT2D eigenvalue weighted by Crippen LogP contribution is -2.01. The van der Waals surface area contributed by atoms with Crippen molar-refractivity contribution in [1.82, 2.24) is 0 Å². The lowest BCUT2D eigenvalue weighted by Gasteiger charge is -2.04. The van der Waals surface area contributed by atoms with Gasteiger partial charge in [0.1, 0.15) is 0 Å². The van der Waals surface area contributed by atoms with Crippen molar-refractivity contribution in [3.05, 3.63) is 70.2 Å². The maximum Gasteiger partial charge on any atom is 0.164 e. The van der Waals surface area contributed by atoms with E-state index in [1.807, 2.05) is 12.1 Å². The van der Waals surface area contributed by atoms with E-state index >= 15 is 0 Å². The molecule has 0 saturated heterocycles. The van der Waals surface area contributed by atoms with E-state index in [0.29, 0.717) is 17.0 Å². The zero-order valence-corrected chi connectivity index (χ0v) is 11.1. The molecular formula is C16H15ClO. The van der Waals surface area contributed by atoms with Crippen LogP contribution in [0.5, 0.6) is 0 Å². The van der Waals surface area contributed by atoms with Gasteiger partial charge in [-0.25, -0.2) is 0 Å². The number of aryl methyl sites for hydroxylation is 2. The Morgan fingerprint density at radius 1 is 1.06 bits per heavy atom. The highest BCUT2D eigenvalue weighted by molar-refractivity contribution is 6.33.